The first-order chi connectivity index (χ1) is 30.7. The summed E-state index contributed by atoms with van der Waals surface area (Å²) in [6.07, 6.45) is 0. The number of para-hydroxylation sites is 2. The summed E-state index contributed by atoms with van der Waals surface area (Å²) in [5.74, 6) is 3.32. The second-order valence-corrected chi connectivity index (χ2v) is 16.2. The lowest BCUT2D eigenvalue weighted by Crippen LogP contribution is -2.32. The molecule has 0 bridgehead atoms. The zero-order valence-corrected chi connectivity index (χ0v) is 33.5. The largest absolute Gasteiger partial charge is 0.456 e. The Bertz CT molecular complexity index is 3530. The summed E-state index contributed by atoms with van der Waals surface area (Å²) in [5, 5.41) is 7.58. The Kier molecular flexibility index (Phi) is 7.49. The van der Waals surface area contributed by atoms with Crippen LogP contribution in [0, 0.1) is 0 Å². The number of fused-ring (bicyclic) bond motifs is 15. The van der Waals surface area contributed by atoms with Crippen LogP contribution in [0.15, 0.2) is 212 Å². The molecular weight excluding hydrogens is 755 g/mol. The quantitative estimate of drug-likeness (QED) is 0.167. The highest BCUT2D eigenvalue weighted by Gasteiger charge is 2.51. The second kappa shape index (κ2) is 13.4. The number of aromatic nitrogens is 3. The number of hydrogen-bond acceptors (Lipinski definition) is 4. The number of ether oxygens (including phenoxy) is 1. The molecule has 0 saturated heterocycles. The molecule has 13 rings (SSSR count). The Hall–Kier alpha value is -8.21. The molecule has 0 amide bonds. The van der Waals surface area contributed by atoms with Crippen LogP contribution in [-0.2, 0) is 5.41 Å². The van der Waals surface area contributed by atoms with Crippen LogP contribution in [0.2, 0.25) is 0 Å². The van der Waals surface area contributed by atoms with Crippen LogP contribution in [0.4, 0.5) is 0 Å². The van der Waals surface area contributed by atoms with Crippen molar-refractivity contribution < 1.29 is 4.74 Å². The monoisotopic (exact) mass is 789 g/mol. The lowest BCUT2D eigenvalue weighted by Gasteiger charge is -2.39. The molecule has 11 aromatic rings. The van der Waals surface area contributed by atoms with Crippen molar-refractivity contribution in [1.29, 1.82) is 0 Å². The molecule has 288 valence electrons. The molecule has 62 heavy (non-hydrogen) atoms. The highest BCUT2D eigenvalue weighted by molar-refractivity contribution is 6.25. The number of nitrogens with zero attached hydrogens (tertiary/aromatic N) is 3. The van der Waals surface area contributed by atoms with Gasteiger partial charge in [0.2, 0.25) is 0 Å². The smallest absolute Gasteiger partial charge is 0.167 e. The predicted octanol–water partition coefficient (Wildman–Crippen LogP) is 14.5. The summed E-state index contributed by atoms with van der Waals surface area (Å²) in [7, 11) is 0. The van der Waals surface area contributed by atoms with Gasteiger partial charge in [-0.15, -0.1) is 0 Å². The molecule has 2 heterocycles. The van der Waals surface area contributed by atoms with Crippen LogP contribution in [-0.4, -0.2) is 15.0 Å². The molecule has 10 aromatic carbocycles. The van der Waals surface area contributed by atoms with Crippen molar-refractivity contribution in [2.75, 3.05) is 0 Å². The molecule has 1 aromatic heterocycles. The van der Waals surface area contributed by atoms with Crippen LogP contribution in [0.3, 0.4) is 0 Å². The van der Waals surface area contributed by atoms with Crippen molar-refractivity contribution in [1.82, 2.24) is 15.0 Å². The number of rotatable bonds is 4. The number of benzene rings is 10. The molecule has 0 radical (unpaired) electrons. The van der Waals surface area contributed by atoms with Crippen molar-refractivity contribution >= 4 is 32.3 Å². The minimum Gasteiger partial charge on any atom is -0.456 e. The summed E-state index contributed by atoms with van der Waals surface area (Å²) < 4.78 is 7.02. The molecule has 2 aliphatic rings. The lowest BCUT2D eigenvalue weighted by atomic mass is 9.66. The third kappa shape index (κ3) is 4.98. The van der Waals surface area contributed by atoms with Crippen LogP contribution < -0.4 is 4.74 Å². The van der Waals surface area contributed by atoms with Gasteiger partial charge in [-0.25, -0.2) is 15.0 Å². The van der Waals surface area contributed by atoms with Crippen LogP contribution in [0.1, 0.15) is 22.3 Å². The Morgan fingerprint density at radius 2 is 0.742 bits per heavy atom. The molecule has 1 aliphatic heterocycles. The summed E-state index contributed by atoms with van der Waals surface area (Å²) >= 11 is 0. The van der Waals surface area contributed by atoms with Crippen LogP contribution >= 0.6 is 0 Å². The maximum atomic E-state index is 7.02. The summed E-state index contributed by atoms with van der Waals surface area (Å²) in [6, 6.07) is 75.5. The maximum Gasteiger partial charge on any atom is 0.167 e. The second-order valence-electron chi connectivity index (χ2n) is 16.2. The molecular formula is C58H35N3O. The van der Waals surface area contributed by atoms with E-state index in [4.69, 9.17) is 19.7 Å². The fraction of sp³-hybridized carbons (Fsp3) is 0.0172. The standard InChI is InChI=1S/C58H35N3O/c1-2-15-37(16-3-1)55-59-56(38-31-29-36(30-32-38)39-33-34-44-42-19-5-4-17-40(42)41-18-6-7-20-43(41)48(44)35-39)61-57(60-55)47-23-14-27-52-54(47)62-53-28-13-12-26-51(53)58(52)49-24-10-8-21-45(49)46-22-9-11-25-50(46)58/h1-35H. The van der Waals surface area contributed by atoms with Gasteiger partial charge in [-0.1, -0.05) is 194 Å². The van der Waals surface area contributed by atoms with Gasteiger partial charge in [0.1, 0.15) is 11.5 Å². The Morgan fingerprint density at radius 1 is 0.290 bits per heavy atom. The fourth-order valence-electron chi connectivity index (χ4n) is 10.3. The maximum absolute atomic E-state index is 7.02. The van der Waals surface area contributed by atoms with Crippen molar-refractivity contribution in [3.05, 3.63) is 235 Å². The SMILES string of the molecule is c1ccc(-c2nc(-c3ccc(-c4ccc5c6ccccc6c6ccccc6c5c4)cc3)nc(-c3cccc4c3Oc3ccccc3C43c4ccccc4-c4ccccc43)n2)cc1. The van der Waals surface area contributed by atoms with Crippen molar-refractivity contribution in [2.24, 2.45) is 0 Å². The van der Waals surface area contributed by atoms with Crippen LogP contribution in [0.25, 0.3) is 88.7 Å². The van der Waals surface area contributed by atoms with E-state index in [0.717, 1.165) is 50.4 Å². The summed E-state index contributed by atoms with van der Waals surface area (Å²) in [5.41, 5.74) is 11.4. The fourth-order valence-corrected chi connectivity index (χ4v) is 10.3. The normalized spacial score (nSPS) is 13.1. The van der Waals surface area contributed by atoms with Crippen molar-refractivity contribution in [3.8, 4) is 67.9 Å². The molecule has 0 N–H and O–H groups in total. The van der Waals surface area contributed by atoms with Crippen molar-refractivity contribution in [2.45, 2.75) is 5.41 Å². The minimum absolute atomic E-state index is 0.553. The van der Waals surface area contributed by atoms with Gasteiger partial charge in [-0.3, -0.25) is 0 Å². The van der Waals surface area contributed by atoms with Crippen molar-refractivity contribution in [3.63, 3.8) is 0 Å². The zero-order valence-electron chi connectivity index (χ0n) is 33.5. The van der Waals surface area contributed by atoms with Crippen LogP contribution in [0.5, 0.6) is 11.5 Å². The lowest BCUT2D eigenvalue weighted by molar-refractivity contribution is 0.437. The molecule has 0 atom stereocenters. The van der Waals surface area contributed by atoms with E-state index in [1.54, 1.807) is 0 Å². The van der Waals surface area contributed by atoms with Gasteiger partial charge in [0.15, 0.2) is 17.5 Å². The molecule has 1 aliphatic carbocycles. The highest BCUT2D eigenvalue weighted by Crippen LogP contribution is 2.63. The third-order valence-corrected chi connectivity index (χ3v) is 13.0. The molecule has 1 spiro atoms. The average molecular weight is 790 g/mol. The molecule has 0 fully saturated rings. The Labute approximate surface area is 358 Å². The van der Waals surface area contributed by atoms with E-state index in [-0.39, 0.29) is 0 Å². The van der Waals surface area contributed by atoms with E-state index in [9.17, 15) is 0 Å². The first kappa shape index (κ1) is 34.6. The third-order valence-electron chi connectivity index (χ3n) is 13.0. The van der Waals surface area contributed by atoms with Gasteiger partial charge in [-0.05, 0) is 83.9 Å². The highest BCUT2D eigenvalue weighted by atomic mass is 16.5. The van der Waals surface area contributed by atoms with E-state index < -0.39 is 5.41 Å². The van der Waals surface area contributed by atoms with E-state index in [2.05, 4.69) is 176 Å². The first-order valence-corrected chi connectivity index (χ1v) is 21.1. The topological polar surface area (TPSA) is 47.9 Å². The van der Waals surface area contributed by atoms with Gasteiger partial charge in [0, 0.05) is 22.3 Å². The van der Waals surface area contributed by atoms with E-state index in [0.29, 0.717) is 17.5 Å². The minimum atomic E-state index is -0.594. The average Bonchev–Trinajstić information content (AvgIpc) is 3.64. The van der Waals surface area contributed by atoms with Gasteiger partial charge >= 0.3 is 0 Å². The Morgan fingerprint density at radius 3 is 1.40 bits per heavy atom. The van der Waals surface area contributed by atoms with Gasteiger partial charge in [0.25, 0.3) is 0 Å². The van der Waals surface area contributed by atoms with Gasteiger partial charge in [-0.2, -0.15) is 0 Å². The van der Waals surface area contributed by atoms with E-state index >= 15 is 0 Å². The van der Waals surface area contributed by atoms with Gasteiger partial charge < -0.3 is 4.74 Å². The zero-order chi connectivity index (χ0) is 40.8. The Balaban J connectivity index is 0.971. The summed E-state index contributed by atoms with van der Waals surface area (Å²) in [6.45, 7) is 0. The molecule has 0 unspecified atom stereocenters. The summed E-state index contributed by atoms with van der Waals surface area (Å²) in [4.78, 5) is 15.6. The molecule has 0 saturated carbocycles. The van der Waals surface area contributed by atoms with E-state index in [1.165, 1.54) is 54.6 Å². The van der Waals surface area contributed by atoms with E-state index in [1.807, 2.05) is 36.4 Å². The number of hydrogen-bond donors (Lipinski definition) is 0. The molecule has 4 nitrogen and oxygen atoms in total. The van der Waals surface area contributed by atoms with Gasteiger partial charge in [0.05, 0.1) is 11.0 Å². The predicted molar refractivity (Wildman–Crippen MR) is 251 cm³/mol. The molecule has 4 heteroatoms. The first-order valence-electron chi connectivity index (χ1n) is 21.1.